The van der Waals surface area contributed by atoms with Gasteiger partial charge in [0.1, 0.15) is 0 Å². The van der Waals surface area contributed by atoms with Gasteiger partial charge in [-0.25, -0.2) is 0 Å². The van der Waals surface area contributed by atoms with Crippen LogP contribution in [0.3, 0.4) is 0 Å². The molecule has 0 unspecified atom stereocenters. The molecule has 118 valence electrons. The molecule has 0 saturated carbocycles. The van der Waals surface area contributed by atoms with E-state index >= 15 is 0 Å². The first-order valence-electron chi connectivity index (χ1n) is 8.28. The average Bonchev–Trinajstić information content (AvgIpc) is 2.32. The quantitative estimate of drug-likeness (QED) is 0.255. The SMILES string of the molecule is C=C=C[C@H](CCCCCCCC)O[Si](C)(C)C(C)(C)C. The van der Waals surface area contributed by atoms with Crippen molar-refractivity contribution in [3.63, 3.8) is 0 Å². The number of hydrogen-bond donors (Lipinski definition) is 0. The molecular formula is C18H36OSi. The van der Waals surface area contributed by atoms with E-state index in [1.54, 1.807) is 0 Å². The van der Waals surface area contributed by atoms with Crippen molar-refractivity contribution < 1.29 is 4.43 Å². The highest BCUT2D eigenvalue weighted by Gasteiger charge is 2.38. The Kier molecular flexibility index (Phi) is 9.45. The molecule has 0 aromatic heterocycles. The van der Waals surface area contributed by atoms with Crippen LogP contribution in [0.15, 0.2) is 18.4 Å². The highest BCUT2D eigenvalue weighted by Crippen LogP contribution is 2.37. The lowest BCUT2D eigenvalue weighted by atomic mass is 10.1. The van der Waals surface area contributed by atoms with Crippen LogP contribution in [-0.2, 0) is 4.43 Å². The summed E-state index contributed by atoms with van der Waals surface area (Å²) in [5, 5.41) is 0.265. The first kappa shape index (κ1) is 19.7. The van der Waals surface area contributed by atoms with Crippen molar-refractivity contribution in [2.45, 2.75) is 96.9 Å². The fraction of sp³-hybridized carbons (Fsp3) is 0.833. The fourth-order valence-electron chi connectivity index (χ4n) is 1.99. The van der Waals surface area contributed by atoms with Gasteiger partial charge < -0.3 is 4.43 Å². The lowest BCUT2D eigenvalue weighted by molar-refractivity contribution is 0.211. The molecule has 0 rings (SSSR count). The van der Waals surface area contributed by atoms with Crippen molar-refractivity contribution in [3.8, 4) is 0 Å². The van der Waals surface area contributed by atoms with Crippen LogP contribution >= 0.6 is 0 Å². The van der Waals surface area contributed by atoms with Gasteiger partial charge in [-0.1, -0.05) is 72.8 Å². The maximum Gasteiger partial charge on any atom is 0.192 e. The van der Waals surface area contributed by atoms with E-state index < -0.39 is 8.32 Å². The molecule has 0 aromatic rings. The third-order valence-electron chi connectivity index (χ3n) is 4.40. The Bertz CT molecular complexity index is 295. The molecule has 2 heteroatoms. The Morgan fingerprint density at radius 3 is 2.15 bits per heavy atom. The van der Waals surface area contributed by atoms with Gasteiger partial charge in [0, 0.05) is 0 Å². The molecule has 0 fully saturated rings. The molecule has 0 aromatic carbocycles. The first-order chi connectivity index (χ1) is 9.24. The highest BCUT2D eigenvalue weighted by molar-refractivity contribution is 6.74. The predicted molar refractivity (Wildman–Crippen MR) is 93.8 cm³/mol. The van der Waals surface area contributed by atoms with Gasteiger partial charge in [0.15, 0.2) is 8.32 Å². The zero-order chi connectivity index (χ0) is 15.6. The summed E-state index contributed by atoms with van der Waals surface area (Å²) in [4.78, 5) is 0. The molecule has 20 heavy (non-hydrogen) atoms. The van der Waals surface area contributed by atoms with Crippen molar-refractivity contribution in [1.29, 1.82) is 0 Å². The van der Waals surface area contributed by atoms with Crippen LogP contribution in [-0.4, -0.2) is 14.4 Å². The lowest BCUT2D eigenvalue weighted by Crippen LogP contribution is -2.43. The molecule has 0 radical (unpaired) electrons. The van der Waals surface area contributed by atoms with Crippen molar-refractivity contribution in [1.82, 2.24) is 0 Å². The van der Waals surface area contributed by atoms with E-state index in [4.69, 9.17) is 4.43 Å². The molecule has 0 aliphatic rings. The van der Waals surface area contributed by atoms with Gasteiger partial charge in [-0.2, -0.15) is 0 Å². The van der Waals surface area contributed by atoms with Gasteiger partial charge in [-0.3, -0.25) is 0 Å². The van der Waals surface area contributed by atoms with Gasteiger partial charge >= 0.3 is 0 Å². The van der Waals surface area contributed by atoms with Crippen LogP contribution in [0, 0.1) is 0 Å². The van der Waals surface area contributed by atoms with E-state index in [0.717, 1.165) is 6.42 Å². The second-order valence-corrected chi connectivity index (χ2v) is 12.1. The molecule has 0 N–H and O–H groups in total. The summed E-state index contributed by atoms with van der Waals surface area (Å²) in [6, 6.07) is 0. The molecule has 1 atom stereocenters. The molecule has 0 bridgehead atoms. The van der Waals surface area contributed by atoms with Crippen molar-refractivity contribution >= 4 is 8.32 Å². The van der Waals surface area contributed by atoms with Crippen molar-refractivity contribution in [3.05, 3.63) is 18.4 Å². The van der Waals surface area contributed by atoms with Crippen LogP contribution in [0.4, 0.5) is 0 Å². The van der Waals surface area contributed by atoms with E-state index in [1.165, 1.54) is 38.5 Å². The van der Waals surface area contributed by atoms with Crippen LogP contribution in [0.5, 0.6) is 0 Å². The van der Waals surface area contributed by atoms with E-state index in [-0.39, 0.29) is 11.1 Å². The van der Waals surface area contributed by atoms with Crippen LogP contribution in [0.2, 0.25) is 18.1 Å². The first-order valence-corrected chi connectivity index (χ1v) is 11.2. The monoisotopic (exact) mass is 296 g/mol. The second kappa shape index (κ2) is 9.60. The minimum Gasteiger partial charge on any atom is -0.410 e. The van der Waals surface area contributed by atoms with E-state index in [2.05, 4.69) is 53.1 Å². The highest BCUT2D eigenvalue weighted by atomic mass is 28.4. The number of hydrogen-bond acceptors (Lipinski definition) is 1. The average molecular weight is 297 g/mol. The molecule has 0 spiro atoms. The fourth-order valence-corrected chi connectivity index (χ4v) is 3.29. The summed E-state index contributed by atoms with van der Waals surface area (Å²) in [5.74, 6) is 0. The molecule has 1 nitrogen and oxygen atoms in total. The minimum atomic E-state index is -1.69. The predicted octanol–water partition coefficient (Wildman–Crippen LogP) is 6.47. The minimum absolute atomic E-state index is 0.208. The van der Waals surface area contributed by atoms with Crippen LogP contribution < -0.4 is 0 Å². The van der Waals surface area contributed by atoms with Crippen molar-refractivity contribution in [2.24, 2.45) is 0 Å². The van der Waals surface area contributed by atoms with E-state index in [9.17, 15) is 0 Å². The summed E-state index contributed by atoms with van der Waals surface area (Å²) >= 11 is 0. The molecular weight excluding hydrogens is 260 g/mol. The van der Waals surface area contributed by atoms with Gasteiger partial charge in [-0.15, -0.1) is 5.73 Å². The largest absolute Gasteiger partial charge is 0.410 e. The maximum absolute atomic E-state index is 6.45. The molecule has 0 heterocycles. The topological polar surface area (TPSA) is 9.23 Å². The van der Waals surface area contributed by atoms with E-state index in [1.807, 2.05) is 6.08 Å². The van der Waals surface area contributed by atoms with Crippen molar-refractivity contribution in [2.75, 3.05) is 0 Å². The number of rotatable bonds is 10. The summed E-state index contributed by atoms with van der Waals surface area (Å²) in [6.45, 7) is 17.5. The number of unbranched alkanes of at least 4 members (excludes halogenated alkanes) is 5. The Morgan fingerprint density at radius 1 is 1.10 bits per heavy atom. The Morgan fingerprint density at radius 2 is 1.65 bits per heavy atom. The Labute approximate surface area is 128 Å². The van der Waals surface area contributed by atoms with Gasteiger partial charge in [0.25, 0.3) is 0 Å². The standard InChI is InChI=1S/C18H36OSi/c1-8-10-11-12-13-14-16-17(15-9-2)19-20(6,7)18(3,4)5/h15,17H,2,8,10-14,16H2,1,3-7H3/t17-/m1/s1. The summed E-state index contributed by atoms with van der Waals surface area (Å²) < 4.78 is 6.45. The second-order valence-electron chi connectivity index (χ2n) is 7.34. The summed E-state index contributed by atoms with van der Waals surface area (Å²) in [5.41, 5.74) is 2.93. The summed E-state index contributed by atoms with van der Waals surface area (Å²) in [6.07, 6.45) is 11.3. The van der Waals surface area contributed by atoms with Crippen LogP contribution in [0.1, 0.15) is 72.6 Å². The normalized spacial score (nSPS) is 13.9. The molecule has 0 aliphatic carbocycles. The molecule has 0 amide bonds. The van der Waals surface area contributed by atoms with E-state index in [0.29, 0.717) is 0 Å². The lowest BCUT2D eigenvalue weighted by Gasteiger charge is -2.38. The Hall–Kier alpha value is -0.303. The third kappa shape index (κ3) is 8.09. The zero-order valence-electron chi connectivity index (χ0n) is 14.7. The molecule has 0 aliphatic heterocycles. The maximum atomic E-state index is 6.45. The van der Waals surface area contributed by atoms with Gasteiger partial charge in [0.05, 0.1) is 6.10 Å². The zero-order valence-corrected chi connectivity index (χ0v) is 15.7. The van der Waals surface area contributed by atoms with Crippen LogP contribution in [0.25, 0.3) is 0 Å². The van der Waals surface area contributed by atoms with Gasteiger partial charge in [0.2, 0.25) is 0 Å². The smallest absolute Gasteiger partial charge is 0.192 e. The molecule has 0 saturated heterocycles. The third-order valence-corrected chi connectivity index (χ3v) is 8.90. The Balaban J connectivity index is 4.21. The summed E-state index contributed by atoms with van der Waals surface area (Å²) in [7, 11) is -1.69. The van der Waals surface area contributed by atoms with Gasteiger partial charge in [-0.05, 0) is 30.6 Å².